The summed E-state index contributed by atoms with van der Waals surface area (Å²) >= 11 is 0. The van der Waals surface area contributed by atoms with E-state index >= 15 is 0 Å². The van der Waals surface area contributed by atoms with Crippen LogP contribution in [0.4, 0.5) is 5.69 Å². The number of pyridine rings is 1. The Morgan fingerprint density at radius 1 is 1.08 bits per heavy atom. The number of aromatic nitrogens is 1. The van der Waals surface area contributed by atoms with Gasteiger partial charge in [-0.3, -0.25) is 9.59 Å². The van der Waals surface area contributed by atoms with Gasteiger partial charge in [0.15, 0.2) is 0 Å². The Hall–Kier alpha value is -3.04. The molecule has 2 aromatic rings. The molecule has 1 heterocycles. The molecule has 1 amide bonds. The van der Waals surface area contributed by atoms with Gasteiger partial charge in [0.25, 0.3) is 11.5 Å². The number of rotatable bonds is 7. The van der Waals surface area contributed by atoms with E-state index in [1.54, 1.807) is 0 Å². The van der Waals surface area contributed by atoms with Crippen LogP contribution in [0.25, 0.3) is 0 Å². The number of hydrogen-bond donors (Lipinski definition) is 3. The fourth-order valence-electron chi connectivity index (χ4n) is 5.43. The van der Waals surface area contributed by atoms with Crippen molar-refractivity contribution in [3.05, 3.63) is 62.1 Å². The highest BCUT2D eigenvalue weighted by molar-refractivity contribution is 5.97. The molecule has 0 radical (unpaired) electrons. The number of benzene rings is 1. The van der Waals surface area contributed by atoms with Crippen LogP contribution >= 0.6 is 0 Å². The second-order valence-corrected chi connectivity index (χ2v) is 11.3. The number of aromatic amines is 1. The van der Waals surface area contributed by atoms with E-state index in [4.69, 9.17) is 0 Å². The molecule has 0 bridgehead atoms. The van der Waals surface area contributed by atoms with Gasteiger partial charge in [0, 0.05) is 52.6 Å². The van der Waals surface area contributed by atoms with E-state index in [0.717, 1.165) is 40.9 Å². The monoisotopic (exact) mass is 502 g/mol. The zero-order valence-electron chi connectivity index (χ0n) is 23.3. The second-order valence-electron chi connectivity index (χ2n) is 11.3. The summed E-state index contributed by atoms with van der Waals surface area (Å²) in [6.45, 7) is 8.20. The number of carbonyl (C=O) groups excluding carboxylic acids is 1. The standard InChI is InChI=1S/C31H42N4O2/c1-19-15-20(2)33-31(37)28(19)18-32-30(36)27-16-24(10-9-23-7-8-23)17-29(21(27)3)34-22(4)25-11-13-26(14-12-25)35(5)6/h15-17,22-23,25-26,34H,7-8,11-14,18H2,1-6H3,(H,32,36)(H,33,37)/t22?,25-,26-. The number of amides is 1. The summed E-state index contributed by atoms with van der Waals surface area (Å²) in [4.78, 5) is 31.0. The first-order valence-electron chi connectivity index (χ1n) is 13.7. The van der Waals surface area contributed by atoms with Crippen LogP contribution in [0.5, 0.6) is 0 Å². The van der Waals surface area contributed by atoms with Crippen LogP contribution in [-0.4, -0.2) is 42.0 Å². The molecule has 2 aliphatic carbocycles. The Kier molecular flexibility index (Phi) is 8.44. The van der Waals surface area contributed by atoms with Crippen molar-refractivity contribution in [1.29, 1.82) is 0 Å². The predicted octanol–water partition coefficient (Wildman–Crippen LogP) is 4.91. The molecule has 1 unspecified atom stereocenters. The van der Waals surface area contributed by atoms with Crippen LogP contribution in [-0.2, 0) is 6.54 Å². The summed E-state index contributed by atoms with van der Waals surface area (Å²) in [6, 6.07) is 6.89. The van der Waals surface area contributed by atoms with Gasteiger partial charge in [-0.15, -0.1) is 0 Å². The average Bonchev–Trinajstić information content (AvgIpc) is 3.68. The quantitative estimate of drug-likeness (QED) is 0.470. The van der Waals surface area contributed by atoms with Gasteiger partial charge in [-0.05, 0) is 116 Å². The molecule has 0 aliphatic heterocycles. The van der Waals surface area contributed by atoms with Gasteiger partial charge in [-0.1, -0.05) is 11.8 Å². The molecule has 6 heteroatoms. The number of nitrogens with one attached hydrogen (secondary N) is 3. The third-order valence-corrected chi connectivity index (χ3v) is 8.13. The second kappa shape index (κ2) is 11.6. The van der Waals surface area contributed by atoms with Crippen molar-refractivity contribution >= 4 is 11.6 Å². The maximum Gasteiger partial charge on any atom is 0.253 e. The van der Waals surface area contributed by atoms with E-state index in [1.807, 2.05) is 32.9 Å². The number of hydrogen-bond acceptors (Lipinski definition) is 4. The Morgan fingerprint density at radius 2 is 1.78 bits per heavy atom. The smallest absolute Gasteiger partial charge is 0.253 e. The molecule has 37 heavy (non-hydrogen) atoms. The lowest BCUT2D eigenvalue weighted by Crippen LogP contribution is -2.36. The molecule has 1 atom stereocenters. The minimum absolute atomic E-state index is 0.154. The Labute approximate surface area is 221 Å². The molecule has 2 fully saturated rings. The van der Waals surface area contributed by atoms with Gasteiger partial charge in [0.05, 0.1) is 0 Å². The van der Waals surface area contributed by atoms with Gasteiger partial charge in [-0.2, -0.15) is 0 Å². The third-order valence-electron chi connectivity index (χ3n) is 8.13. The summed E-state index contributed by atoms with van der Waals surface area (Å²) in [6.07, 6.45) is 7.18. The molecule has 1 aromatic heterocycles. The molecule has 198 valence electrons. The minimum Gasteiger partial charge on any atom is -0.382 e. The highest BCUT2D eigenvalue weighted by atomic mass is 16.1. The normalized spacial score (nSPS) is 20.2. The number of carbonyl (C=O) groups is 1. The van der Waals surface area contributed by atoms with Crippen LogP contribution in [0.15, 0.2) is 23.0 Å². The number of nitrogens with zero attached hydrogens (tertiary/aromatic N) is 1. The van der Waals surface area contributed by atoms with Crippen molar-refractivity contribution in [3.63, 3.8) is 0 Å². The molecule has 3 N–H and O–H groups in total. The van der Waals surface area contributed by atoms with E-state index in [0.29, 0.717) is 35.0 Å². The molecule has 4 rings (SSSR count). The fourth-order valence-corrected chi connectivity index (χ4v) is 5.43. The van der Waals surface area contributed by atoms with E-state index in [-0.39, 0.29) is 18.0 Å². The van der Waals surface area contributed by atoms with Crippen molar-refractivity contribution in [2.24, 2.45) is 11.8 Å². The third kappa shape index (κ3) is 6.84. The topological polar surface area (TPSA) is 77.2 Å². The van der Waals surface area contributed by atoms with Crippen molar-refractivity contribution < 1.29 is 4.79 Å². The van der Waals surface area contributed by atoms with E-state index < -0.39 is 0 Å². The first kappa shape index (κ1) is 27.0. The van der Waals surface area contributed by atoms with Crippen LogP contribution in [0.3, 0.4) is 0 Å². The summed E-state index contributed by atoms with van der Waals surface area (Å²) in [5.74, 6) is 7.54. The highest BCUT2D eigenvalue weighted by Gasteiger charge is 2.27. The lowest BCUT2D eigenvalue weighted by molar-refractivity contribution is 0.0950. The Morgan fingerprint density at radius 3 is 2.41 bits per heavy atom. The molecule has 0 saturated heterocycles. The van der Waals surface area contributed by atoms with Gasteiger partial charge in [-0.25, -0.2) is 0 Å². The van der Waals surface area contributed by atoms with Gasteiger partial charge in [0.2, 0.25) is 0 Å². The molecular formula is C31H42N4O2. The molecule has 2 saturated carbocycles. The van der Waals surface area contributed by atoms with E-state index in [1.165, 1.54) is 25.7 Å². The van der Waals surface area contributed by atoms with Gasteiger partial charge in [0.1, 0.15) is 0 Å². The maximum absolute atomic E-state index is 13.4. The molecule has 0 spiro atoms. The van der Waals surface area contributed by atoms with Gasteiger partial charge < -0.3 is 20.5 Å². The lowest BCUT2D eigenvalue weighted by atomic mass is 9.81. The Bertz CT molecular complexity index is 1250. The maximum atomic E-state index is 13.4. The Balaban J connectivity index is 1.54. The summed E-state index contributed by atoms with van der Waals surface area (Å²) in [5.41, 5.74) is 5.48. The predicted molar refractivity (Wildman–Crippen MR) is 151 cm³/mol. The summed E-state index contributed by atoms with van der Waals surface area (Å²) in [5, 5.41) is 6.73. The van der Waals surface area contributed by atoms with Crippen molar-refractivity contribution in [3.8, 4) is 11.8 Å². The van der Waals surface area contributed by atoms with E-state index in [9.17, 15) is 9.59 Å². The highest BCUT2D eigenvalue weighted by Crippen LogP contribution is 2.32. The molecular weight excluding hydrogens is 460 g/mol. The number of aryl methyl sites for hydroxylation is 2. The number of anilines is 1. The van der Waals surface area contributed by atoms with Gasteiger partial charge >= 0.3 is 0 Å². The van der Waals surface area contributed by atoms with Crippen LogP contribution in [0.2, 0.25) is 0 Å². The zero-order valence-corrected chi connectivity index (χ0v) is 23.3. The lowest BCUT2D eigenvalue weighted by Gasteiger charge is -2.36. The van der Waals surface area contributed by atoms with Crippen molar-refractivity contribution in [2.75, 3.05) is 19.4 Å². The van der Waals surface area contributed by atoms with Crippen LogP contribution < -0.4 is 16.2 Å². The van der Waals surface area contributed by atoms with Crippen LogP contribution in [0, 0.1) is 44.4 Å². The fraction of sp³-hybridized carbons (Fsp3) is 0.548. The van der Waals surface area contributed by atoms with Crippen LogP contribution in [0.1, 0.15) is 83.8 Å². The molecule has 2 aliphatic rings. The molecule has 1 aromatic carbocycles. The van der Waals surface area contributed by atoms with E-state index in [2.05, 4.69) is 59.4 Å². The first-order valence-corrected chi connectivity index (χ1v) is 13.7. The van der Waals surface area contributed by atoms with Crippen molar-refractivity contribution in [1.82, 2.24) is 15.2 Å². The first-order chi connectivity index (χ1) is 17.6. The summed E-state index contributed by atoms with van der Waals surface area (Å²) < 4.78 is 0. The number of H-pyrrole nitrogens is 1. The SMILES string of the molecule is Cc1cc(C)c(CNC(=O)c2cc(C#CC3CC3)cc(NC(C)[C@H]3CC[C@H](N(C)C)CC3)c2C)c(=O)[nH]1. The zero-order chi connectivity index (χ0) is 26.7. The molecule has 6 nitrogen and oxygen atoms in total. The largest absolute Gasteiger partial charge is 0.382 e. The average molecular weight is 503 g/mol. The minimum atomic E-state index is -0.186. The van der Waals surface area contributed by atoms with Crippen molar-refractivity contribution in [2.45, 2.75) is 84.8 Å². The summed E-state index contributed by atoms with van der Waals surface area (Å²) in [7, 11) is 4.35.